The Bertz CT molecular complexity index is 311. The molecule has 0 rings (SSSR count). The van der Waals surface area contributed by atoms with Crippen LogP contribution in [0.3, 0.4) is 0 Å². The number of hydrogen-bond donors (Lipinski definition) is 2. The van der Waals surface area contributed by atoms with Gasteiger partial charge in [0.15, 0.2) is 0 Å². The number of nitrogens with zero attached hydrogens (tertiary/aromatic N) is 1. The predicted molar refractivity (Wildman–Crippen MR) is 71.6 cm³/mol. The summed E-state index contributed by atoms with van der Waals surface area (Å²) >= 11 is 0. The second-order valence-corrected chi connectivity index (χ2v) is 5.76. The Balaban J connectivity index is 4.67. The van der Waals surface area contributed by atoms with Crippen LogP contribution in [0.25, 0.3) is 0 Å². The first-order valence-electron chi connectivity index (χ1n) is 6.33. The summed E-state index contributed by atoms with van der Waals surface area (Å²) in [6, 6.07) is -0.234. The first kappa shape index (κ1) is 16.7. The quantitative estimate of drug-likeness (QED) is 0.768. The summed E-state index contributed by atoms with van der Waals surface area (Å²) < 4.78 is 0. The van der Waals surface area contributed by atoms with Crippen molar-refractivity contribution in [3.63, 3.8) is 0 Å². The number of hydrogen-bond acceptors (Lipinski definition) is 2. The molecule has 0 atom stereocenters. The molecule has 0 unspecified atom stereocenters. The molecule has 0 aromatic carbocycles. The van der Waals surface area contributed by atoms with Crippen LogP contribution in [0.5, 0.6) is 0 Å². The van der Waals surface area contributed by atoms with Gasteiger partial charge in [-0.2, -0.15) is 0 Å². The zero-order chi connectivity index (χ0) is 14.6. The van der Waals surface area contributed by atoms with Gasteiger partial charge in [-0.3, -0.25) is 4.79 Å². The van der Waals surface area contributed by atoms with Gasteiger partial charge in [0.05, 0.1) is 11.0 Å². The SMILES string of the molecule is CCCCN(C)C(=O)NC(C)(C)C(C)(C)C(=O)O. The minimum Gasteiger partial charge on any atom is -0.481 e. The molecule has 0 heterocycles. The summed E-state index contributed by atoms with van der Waals surface area (Å²) in [4.78, 5) is 24.8. The molecular formula is C13H26N2O3. The van der Waals surface area contributed by atoms with E-state index in [1.807, 2.05) is 0 Å². The van der Waals surface area contributed by atoms with Gasteiger partial charge in [-0.25, -0.2) is 4.79 Å². The van der Waals surface area contributed by atoms with E-state index < -0.39 is 16.9 Å². The lowest BCUT2D eigenvalue weighted by Gasteiger charge is -2.39. The van der Waals surface area contributed by atoms with Crippen LogP contribution in [-0.4, -0.2) is 41.1 Å². The molecule has 0 radical (unpaired) electrons. The van der Waals surface area contributed by atoms with Crippen molar-refractivity contribution in [1.82, 2.24) is 10.2 Å². The predicted octanol–water partition coefficient (Wildman–Crippen LogP) is 2.32. The molecule has 0 bridgehead atoms. The van der Waals surface area contributed by atoms with Gasteiger partial charge in [-0.05, 0) is 34.1 Å². The van der Waals surface area contributed by atoms with Crippen LogP contribution in [0.2, 0.25) is 0 Å². The van der Waals surface area contributed by atoms with Gasteiger partial charge in [0.1, 0.15) is 0 Å². The van der Waals surface area contributed by atoms with E-state index in [0.717, 1.165) is 12.8 Å². The number of aliphatic carboxylic acids is 1. The van der Waals surface area contributed by atoms with E-state index >= 15 is 0 Å². The molecule has 0 saturated heterocycles. The van der Waals surface area contributed by atoms with Gasteiger partial charge in [0.25, 0.3) is 0 Å². The maximum absolute atomic E-state index is 12.0. The molecule has 18 heavy (non-hydrogen) atoms. The molecule has 2 amide bonds. The maximum Gasteiger partial charge on any atom is 0.317 e. The van der Waals surface area contributed by atoms with Crippen LogP contribution in [-0.2, 0) is 4.79 Å². The summed E-state index contributed by atoms with van der Waals surface area (Å²) in [7, 11) is 1.72. The van der Waals surface area contributed by atoms with Crippen molar-refractivity contribution in [3.8, 4) is 0 Å². The van der Waals surface area contributed by atoms with Crippen molar-refractivity contribution in [3.05, 3.63) is 0 Å². The minimum absolute atomic E-state index is 0.234. The third-order valence-electron chi connectivity index (χ3n) is 3.71. The lowest BCUT2D eigenvalue weighted by molar-refractivity contribution is -0.150. The molecule has 0 aliphatic rings. The fourth-order valence-electron chi connectivity index (χ4n) is 1.28. The van der Waals surface area contributed by atoms with Crippen molar-refractivity contribution in [2.75, 3.05) is 13.6 Å². The van der Waals surface area contributed by atoms with Crippen LogP contribution >= 0.6 is 0 Å². The number of carboxylic acids is 1. The lowest BCUT2D eigenvalue weighted by Crippen LogP contribution is -2.59. The Hall–Kier alpha value is -1.26. The van der Waals surface area contributed by atoms with E-state index in [9.17, 15) is 14.7 Å². The highest BCUT2D eigenvalue weighted by Crippen LogP contribution is 2.30. The number of carbonyl (C=O) groups is 2. The molecule has 5 nitrogen and oxygen atoms in total. The monoisotopic (exact) mass is 258 g/mol. The van der Waals surface area contributed by atoms with Gasteiger partial charge in [-0.1, -0.05) is 13.3 Å². The zero-order valence-electron chi connectivity index (χ0n) is 12.3. The summed E-state index contributed by atoms with van der Waals surface area (Å²) in [5.41, 5.74) is -1.86. The highest BCUT2D eigenvalue weighted by Gasteiger charge is 2.44. The van der Waals surface area contributed by atoms with Crippen LogP contribution in [0.4, 0.5) is 4.79 Å². The molecule has 0 aromatic heterocycles. The molecular weight excluding hydrogens is 232 g/mol. The Morgan fingerprint density at radius 2 is 1.72 bits per heavy atom. The van der Waals surface area contributed by atoms with Crippen LogP contribution in [0.1, 0.15) is 47.5 Å². The number of carboxylic acid groups (broad SMARTS) is 1. The highest BCUT2D eigenvalue weighted by atomic mass is 16.4. The summed E-state index contributed by atoms with van der Waals surface area (Å²) in [6.45, 7) is 9.41. The number of unbranched alkanes of at least 4 members (excludes halogenated alkanes) is 1. The topological polar surface area (TPSA) is 69.6 Å². The van der Waals surface area contributed by atoms with Gasteiger partial charge < -0.3 is 15.3 Å². The van der Waals surface area contributed by atoms with Crippen LogP contribution in [0, 0.1) is 5.41 Å². The van der Waals surface area contributed by atoms with E-state index in [4.69, 9.17) is 0 Å². The second kappa shape index (κ2) is 6.07. The normalized spacial score (nSPS) is 12.1. The first-order chi connectivity index (χ1) is 8.06. The van der Waals surface area contributed by atoms with Gasteiger partial charge in [0.2, 0.25) is 0 Å². The summed E-state index contributed by atoms with van der Waals surface area (Å²) in [5, 5.41) is 12.0. The Morgan fingerprint density at radius 3 is 2.11 bits per heavy atom. The average Bonchev–Trinajstić information content (AvgIpc) is 2.24. The van der Waals surface area contributed by atoms with E-state index in [1.54, 1.807) is 39.6 Å². The van der Waals surface area contributed by atoms with Crippen molar-refractivity contribution >= 4 is 12.0 Å². The van der Waals surface area contributed by atoms with Crippen molar-refractivity contribution in [2.45, 2.75) is 53.0 Å². The standard InChI is InChI=1S/C13H26N2O3/c1-7-8-9-15(6)11(18)14-13(4,5)12(2,3)10(16)17/h7-9H2,1-6H3,(H,14,18)(H,16,17). The number of rotatable bonds is 6. The van der Waals surface area contributed by atoms with E-state index in [1.165, 1.54) is 0 Å². The number of carbonyl (C=O) groups excluding carboxylic acids is 1. The smallest absolute Gasteiger partial charge is 0.317 e. The molecule has 0 aromatic rings. The molecule has 0 fully saturated rings. The Kier molecular flexibility index (Phi) is 5.64. The first-order valence-corrected chi connectivity index (χ1v) is 6.33. The molecule has 0 aliphatic heterocycles. The second-order valence-electron chi connectivity index (χ2n) is 5.76. The third-order valence-corrected chi connectivity index (χ3v) is 3.71. The van der Waals surface area contributed by atoms with E-state index in [0.29, 0.717) is 6.54 Å². The fourth-order valence-corrected chi connectivity index (χ4v) is 1.28. The molecule has 106 valence electrons. The van der Waals surface area contributed by atoms with Gasteiger partial charge in [0, 0.05) is 13.6 Å². The number of nitrogens with one attached hydrogen (secondary N) is 1. The Morgan fingerprint density at radius 1 is 1.22 bits per heavy atom. The molecule has 0 saturated carbocycles. The summed E-state index contributed by atoms with van der Waals surface area (Å²) in [6.07, 6.45) is 1.95. The van der Waals surface area contributed by atoms with Crippen LogP contribution < -0.4 is 5.32 Å². The summed E-state index contributed by atoms with van der Waals surface area (Å²) in [5.74, 6) is -0.927. The van der Waals surface area contributed by atoms with Crippen molar-refractivity contribution in [2.24, 2.45) is 5.41 Å². The molecule has 5 heteroatoms. The van der Waals surface area contributed by atoms with Crippen molar-refractivity contribution in [1.29, 1.82) is 0 Å². The maximum atomic E-state index is 12.0. The van der Waals surface area contributed by atoms with E-state index in [-0.39, 0.29) is 6.03 Å². The number of urea groups is 1. The molecule has 0 aliphatic carbocycles. The molecule has 2 N–H and O–H groups in total. The van der Waals surface area contributed by atoms with Gasteiger partial charge >= 0.3 is 12.0 Å². The third kappa shape index (κ3) is 3.89. The average molecular weight is 258 g/mol. The van der Waals surface area contributed by atoms with E-state index in [2.05, 4.69) is 12.2 Å². The highest BCUT2D eigenvalue weighted by molar-refractivity contribution is 5.79. The minimum atomic E-state index is -1.03. The lowest BCUT2D eigenvalue weighted by atomic mass is 9.74. The van der Waals surface area contributed by atoms with Crippen molar-refractivity contribution < 1.29 is 14.7 Å². The largest absolute Gasteiger partial charge is 0.481 e. The Labute approximate surface area is 110 Å². The molecule has 0 spiro atoms. The number of amides is 2. The van der Waals surface area contributed by atoms with Crippen LogP contribution in [0.15, 0.2) is 0 Å². The fraction of sp³-hybridized carbons (Fsp3) is 0.846. The van der Waals surface area contributed by atoms with Gasteiger partial charge in [-0.15, -0.1) is 0 Å². The zero-order valence-corrected chi connectivity index (χ0v) is 12.3.